The number of rotatable bonds is 2. The Morgan fingerprint density at radius 1 is 1.29 bits per heavy atom. The molecule has 0 aromatic rings. The fourth-order valence-corrected chi connectivity index (χ4v) is 7.94. The van der Waals surface area contributed by atoms with Crippen molar-refractivity contribution in [2.45, 2.75) is 65.3 Å². The van der Waals surface area contributed by atoms with E-state index in [9.17, 15) is 4.79 Å². The quantitative estimate of drug-likeness (QED) is 0.506. The lowest BCUT2D eigenvalue weighted by atomic mass is 9.42. The zero-order chi connectivity index (χ0) is 20.5. The normalized spacial score (nSPS) is 49.4. The van der Waals surface area contributed by atoms with Crippen molar-refractivity contribution in [3.05, 3.63) is 54.2 Å². The highest BCUT2D eigenvalue weighted by molar-refractivity contribution is 5.65. The van der Waals surface area contributed by atoms with Gasteiger partial charge in [0.2, 0.25) is 0 Å². The number of allylic oxidation sites excluding steroid dienone is 7. The first kappa shape index (κ1) is 19.7. The second kappa shape index (κ2) is 5.94. The largest absolute Gasteiger partial charge is 0.325 e. The smallest absolute Gasteiger partial charge is 0.132 e. The summed E-state index contributed by atoms with van der Waals surface area (Å²) in [4.78, 5) is 11.2. The van der Waals surface area contributed by atoms with Crippen molar-refractivity contribution < 1.29 is 4.79 Å². The van der Waals surface area contributed by atoms with E-state index in [0.717, 1.165) is 25.7 Å². The first-order valence-electron chi connectivity index (χ1n) is 10.8. The van der Waals surface area contributed by atoms with E-state index in [2.05, 4.69) is 58.9 Å². The lowest BCUT2D eigenvalue weighted by molar-refractivity contribution is -0.0705. The van der Waals surface area contributed by atoms with Crippen LogP contribution >= 0.6 is 0 Å². The van der Waals surface area contributed by atoms with Gasteiger partial charge in [0.25, 0.3) is 0 Å². The van der Waals surface area contributed by atoms with Crippen LogP contribution in [0.2, 0.25) is 0 Å². The first-order chi connectivity index (χ1) is 13.1. The minimum Gasteiger partial charge on any atom is -0.325 e. The van der Waals surface area contributed by atoms with Crippen LogP contribution in [0, 0.1) is 34.0 Å². The molecule has 4 aliphatic carbocycles. The zero-order valence-electron chi connectivity index (χ0n) is 18.0. The molecule has 2 heteroatoms. The summed E-state index contributed by atoms with van der Waals surface area (Å²) in [6.07, 6.45) is 13.7. The molecule has 0 spiro atoms. The van der Waals surface area contributed by atoms with Crippen LogP contribution in [0.25, 0.3) is 0 Å². The van der Waals surface area contributed by atoms with Gasteiger partial charge in [0.15, 0.2) is 0 Å². The van der Waals surface area contributed by atoms with Crippen molar-refractivity contribution in [3.8, 4) is 0 Å². The van der Waals surface area contributed by atoms with Crippen LogP contribution < -0.4 is 5.73 Å². The van der Waals surface area contributed by atoms with Gasteiger partial charge in [-0.1, -0.05) is 58.6 Å². The number of carbonyl (C=O) groups excluding carboxylic acids is 1. The Balaban J connectivity index is 1.80. The summed E-state index contributed by atoms with van der Waals surface area (Å²) in [6, 6.07) is 0. The molecule has 0 saturated heterocycles. The molecule has 3 fully saturated rings. The summed E-state index contributed by atoms with van der Waals surface area (Å²) in [5, 5.41) is 0. The fourth-order valence-electron chi connectivity index (χ4n) is 7.94. The molecule has 0 aromatic carbocycles. The number of nitrogens with two attached hydrogens (primary N) is 1. The molecule has 5 unspecified atom stereocenters. The van der Waals surface area contributed by atoms with Crippen LogP contribution in [0.4, 0.5) is 0 Å². The summed E-state index contributed by atoms with van der Waals surface area (Å²) in [5.41, 5.74) is 10.6. The van der Waals surface area contributed by atoms with Crippen LogP contribution in [-0.4, -0.2) is 11.5 Å². The molecule has 0 heterocycles. The van der Waals surface area contributed by atoms with Crippen LogP contribution in [0.1, 0.15) is 59.8 Å². The molecular weight excluding hydrogens is 342 g/mol. The molecule has 0 bridgehead atoms. The summed E-state index contributed by atoms with van der Waals surface area (Å²) in [5.74, 6) is 3.50. The van der Waals surface area contributed by atoms with Crippen LogP contribution in [0.5, 0.6) is 0 Å². The standard InChI is InChI=1S/C26H35NO/c1-7-17(2)25(6)18(3)14-22-24(25,5)12-10-21-23(4)11-8-19(16-28)15-20(23)9-13-26(21,22)27/h7-8,11,15,18,21-22H,1-2,9-10,12-14,27H2,3-6H3/t18?,21?,22-,23?,24?,25+,26?/m1/s1. The van der Waals surface area contributed by atoms with Gasteiger partial charge >= 0.3 is 0 Å². The van der Waals surface area contributed by atoms with Gasteiger partial charge in [0.05, 0.1) is 5.57 Å². The van der Waals surface area contributed by atoms with E-state index in [1.165, 1.54) is 17.6 Å². The molecule has 28 heavy (non-hydrogen) atoms. The van der Waals surface area contributed by atoms with Gasteiger partial charge in [-0.2, -0.15) is 0 Å². The van der Waals surface area contributed by atoms with Gasteiger partial charge in [-0.25, -0.2) is 4.79 Å². The summed E-state index contributed by atoms with van der Waals surface area (Å²) >= 11 is 0. The molecule has 2 N–H and O–H groups in total. The Kier molecular flexibility index (Phi) is 4.17. The molecular formula is C26H35NO. The molecule has 4 rings (SSSR count). The third kappa shape index (κ3) is 2.11. The van der Waals surface area contributed by atoms with Crippen molar-refractivity contribution in [1.82, 2.24) is 0 Å². The number of hydrogen-bond donors (Lipinski definition) is 1. The van der Waals surface area contributed by atoms with Crippen molar-refractivity contribution in [2.24, 2.45) is 39.7 Å². The second-order valence-corrected chi connectivity index (χ2v) is 10.6. The Labute approximate surface area is 170 Å². The molecule has 4 aliphatic rings. The minimum atomic E-state index is -0.181. The first-order valence-corrected chi connectivity index (χ1v) is 10.8. The highest BCUT2D eigenvalue weighted by Gasteiger charge is 2.69. The average Bonchev–Trinajstić information content (AvgIpc) is 2.89. The summed E-state index contributed by atoms with van der Waals surface area (Å²) in [6.45, 7) is 18.1. The highest BCUT2D eigenvalue weighted by Crippen LogP contribution is 2.72. The molecule has 150 valence electrons. The van der Waals surface area contributed by atoms with E-state index < -0.39 is 0 Å². The van der Waals surface area contributed by atoms with E-state index in [1.54, 1.807) is 0 Å². The molecule has 7 atom stereocenters. The monoisotopic (exact) mass is 377 g/mol. The minimum absolute atomic E-state index is 0.0452. The lowest BCUT2D eigenvalue weighted by Gasteiger charge is -2.64. The van der Waals surface area contributed by atoms with Crippen LogP contribution in [0.3, 0.4) is 0 Å². The number of fused-ring (bicyclic) bond motifs is 5. The van der Waals surface area contributed by atoms with Crippen molar-refractivity contribution >= 4 is 5.94 Å². The summed E-state index contributed by atoms with van der Waals surface area (Å²) < 4.78 is 0. The zero-order valence-corrected chi connectivity index (χ0v) is 18.0. The van der Waals surface area contributed by atoms with E-state index in [0.29, 0.717) is 23.3 Å². The third-order valence-electron chi connectivity index (χ3n) is 9.99. The van der Waals surface area contributed by atoms with Gasteiger partial charge in [-0.05, 0) is 73.0 Å². The molecule has 0 radical (unpaired) electrons. The topological polar surface area (TPSA) is 43.1 Å². The highest BCUT2D eigenvalue weighted by atomic mass is 16.1. The molecule has 0 aromatic heterocycles. The third-order valence-corrected chi connectivity index (χ3v) is 9.99. The van der Waals surface area contributed by atoms with Gasteiger partial charge in [0, 0.05) is 16.4 Å². The molecule has 2 nitrogen and oxygen atoms in total. The Hall–Kier alpha value is -1.63. The molecule has 0 aliphatic heterocycles. The van der Waals surface area contributed by atoms with Gasteiger partial charge in [-0.3, -0.25) is 0 Å². The van der Waals surface area contributed by atoms with E-state index in [4.69, 9.17) is 5.73 Å². The predicted molar refractivity (Wildman–Crippen MR) is 116 cm³/mol. The number of hydrogen-bond acceptors (Lipinski definition) is 2. The van der Waals surface area contributed by atoms with Crippen LogP contribution in [-0.2, 0) is 4.79 Å². The molecule has 3 saturated carbocycles. The van der Waals surface area contributed by atoms with E-state index >= 15 is 0 Å². The Morgan fingerprint density at radius 3 is 2.64 bits per heavy atom. The van der Waals surface area contributed by atoms with Crippen molar-refractivity contribution in [2.75, 3.05) is 0 Å². The maximum Gasteiger partial charge on any atom is 0.132 e. The van der Waals surface area contributed by atoms with Gasteiger partial charge in [-0.15, -0.1) is 0 Å². The maximum absolute atomic E-state index is 11.2. The van der Waals surface area contributed by atoms with Crippen molar-refractivity contribution in [3.63, 3.8) is 0 Å². The van der Waals surface area contributed by atoms with E-state index in [-0.39, 0.29) is 21.8 Å². The Morgan fingerprint density at radius 2 is 2.00 bits per heavy atom. The summed E-state index contributed by atoms with van der Waals surface area (Å²) in [7, 11) is 0. The second-order valence-electron chi connectivity index (χ2n) is 10.6. The average molecular weight is 378 g/mol. The van der Waals surface area contributed by atoms with Gasteiger partial charge < -0.3 is 5.73 Å². The fraction of sp³-hybridized carbons (Fsp3) is 0.615. The SMILES string of the molecule is C=CC(=C)[C@@]1(C)C(C)C[C@H]2C3(N)CCC4=CC(=C=O)C=CC4(C)C3CCC21C. The van der Waals surface area contributed by atoms with E-state index in [1.807, 2.05) is 12.2 Å². The Bertz CT molecular complexity index is 858. The van der Waals surface area contributed by atoms with Gasteiger partial charge in [0.1, 0.15) is 5.94 Å². The maximum atomic E-state index is 11.2. The predicted octanol–water partition coefficient (Wildman–Crippen LogP) is 5.56. The lowest BCUT2D eigenvalue weighted by Crippen LogP contribution is -2.66. The molecule has 0 amide bonds. The van der Waals surface area contributed by atoms with Crippen molar-refractivity contribution in [1.29, 1.82) is 0 Å². The van der Waals surface area contributed by atoms with Crippen LogP contribution in [0.15, 0.2) is 54.2 Å².